The Kier molecular flexibility index (Phi) is 3.91. The van der Waals surface area contributed by atoms with E-state index in [4.69, 9.17) is 4.74 Å². The number of cyclic esters (lactones) is 1. The van der Waals surface area contributed by atoms with Gasteiger partial charge in [0.2, 0.25) is 18.0 Å². The van der Waals surface area contributed by atoms with E-state index in [0.29, 0.717) is 11.1 Å². The molecule has 2 unspecified atom stereocenters. The first kappa shape index (κ1) is 16.3. The largest absolute Gasteiger partial charge is 0.433 e. The first-order valence-corrected chi connectivity index (χ1v) is 8.23. The number of rotatable bonds is 3. The Morgan fingerprint density at radius 1 is 1.12 bits per heavy atom. The SMILES string of the molecule is O=C1OC(N2C(=O)CCC2C(=O)Nc2ccccc2F)c2ccccc21. The third-order valence-corrected chi connectivity index (χ3v) is 4.61. The predicted molar refractivity (Wildman–Crippen MR) is 89.5 cm³/mol. The Hall–Kier alpha value is -3.22. The second-order valence-corrected chi connectivity index (χ2v) is 6.17. The molecule has 2 aromatic carbocycles. The van der Waals surface area contributed by atoms with Gasteiger partial charge in [0.15, 0.2) is 0 Å². The molecule has 4 rings (SSSR count). The fourth-order valence-electron chi connectivity index (χ4n) is 3.37. The van der Waals surface area contributed by atoms with Crippen LogP contribution in [0.4, 0.5) is 10.1 Å². The number of esters is 1. The maximum atomic E-state index is 13.8. The number of fused-ring (bicyclic) bond motifs is 1. The Balaban J connectivity index is 1.62. The highest BCUT2D eigenvalue weighted by atomic mass is 19.1. The van der Waals surface area contributed by atoms with Crippen LogP contribution in [0.1, 0.15) is 35.0 Å². The summed E-state index contributed by atoms with van der Waals surface area (Å²) >= 11 is 0. The van der Waals surface area contributed by atoms with Gasteiger partial charge in [-0.15, -0.1) is 0 Å². The van der Waals surface area contributed by atoms with Crippen LogP contribution in [0.3, 0.4) is 0 Å². The summed E-state index contributed by atoms with van der Waals surface area (Å²) in [5.74, 6) is -1.89. The van der Waals surface area contributed by atoms with Gasteiger partial charge in [0.25, 0.3) is 0 Å². The summed E-state index contributed by atoms with van der Waals surface area (Å²) in [5, 5.41) is 2.51. The van der Waals surface area contributed by atoms with Gasteiger partial charge in [0.1, 0.15) is 11.9 Å². The molecule has 2 aliphatic heterocycles. The van der Waals surface area contributed by atoms with Gasteiger partial charge >= 0.3 is 5.97 Å². The number of anilines is 1. The fraction of sp³-hybridized carbons (Fsp3) is 0.211. The van der Waals surface area contributed by atoms with E-state index < -0.39 is 30.0 Å². The summed E-state index contributed by atoms with van der Waals surface area (Å²) in [5.41, 5.74) is 0.975. The second kappa shape index (κ2) is 6.25. The van der Waals surface area contributed by atoms with E-state index in [1.807, 2.05) is 0 Å². The normalized spacial score (nSPS) is 21.5. The molecule has 0 saturated carbocycles. The summed E-state index contributed by atoms with van der Waals surface area (Å²) in [6.45, 7) is 0. The highest BCUT2D eigenvalue weighted by Gasteiger charge is 2.46. The second-order valence-electron chi connectivity index (χ2n) is 6.17. The maximum absolute atomic E-state index is 13.8. The number of ether oxygens (including phenoxy) is 1. The summed E-state index contributed by atoms with van der Waals surface area (Å²) in [7, 11) is 0. The number of carbonyl (C=O) groups excluding carboxylic acids is 3. The predicted octanol–water partition coefficient (Wildman–Crippen LogP) is 2.62. The van der Waals surface area contributed by atoms with E-state index in [0.717, 1.165) is 0 Å². The standard InChI is InChI=1S/C19H15FN2O4/c20-13-7-3-4-8-14(13)21-17(24)15-9-10-16(23)22(15)18-11-5-1-2-6-12(11)19(25)26-18/h1-8,15,18H,9-10H2,(H,21,24). The van der Waals surface area contributed by atoms with Crippen LogP contribution in [0.15, 0.2) is 48.5 Å². The molecule has 1 fully saturated rings. The Morgan fingerprint density at radius 2 is 1.85 bits per heavy atom. The fourth-order valence-corrected chi connectivity index (χ4v) is 3.37. The van der Waals surface area contributed by atoms with Gasteiger partial charge in [0.05, 0.1) is 11.3 Å². The number of para-hydroxylation sites is 1. The summed E-state index contributed by atoms with van der Waals surface area (Å²) in [4.78, 5) is 38.4. The van der Waals surface area contributed by atoms with Crippen molar-refractivity contribution in [1.82, 2.24) is 4.90 Å². The van der Waals surface area contributed by atoms with E-state index in [1.165, 1.54) is 23.1 Å². The van der Waals surface area contributed by atoms with Crippen molar-refractivity contribution in [2.45, 2.75) is 25.1 Å². The van der Waals surface area contributed by atoms with E-state index in [9.17, 15) is 18.8 Å². The van der Waals surface area contributed by atoms with Crippen molar-refractivity contribution in [2.75, 3.05) is 5.32 Å². The van der Waals surface area contributed by atoms with E-state index >= 15 is 0 Å². The summed E-state index contributed by atoms with van der Waals surface area (Å²) in [6.07, 6.45) is -0.508. The van der Waals surface area contributed by atoms with Gasteiger partial charge in [-0.1, -0.05) is 30.3 Å². The van der Waals surface area contributed by atoms with Crippen molar-refractivity contribution in [1.29, 1.82) is 0 Å². The number of likely N-dealkylation sites (tertiary alicyclic amines) is 1. The number of carbonyl (C=O) groups is 3. The van der Waals surface area contributed by atoms with Gasteiger partial charge in [-0.3, -0.25) is 14.5 Å². The molecular weight excluding hydrogens is 339 g/mol. The maximum Gasteiger partial charge on any atom is 0.340 e. The molecule has 2 atom stereocenters. The number of benzene rings is 2. The molecule has 2 heterocycles. The molecule has 0 aliphatic carbocycles. The van der Waals surface area contributed by atoms with Crippen LogP contribution in [0.2, 0.25) is 0 Å². The molecule has 0 bridgehead atoms. The summed E-state index contributed by atoms with van der Waals surface area (Å²) < 4.78 is 19.1. The van der Waals surface area contributed by atoms with E-state index in [1.54, 1.807) is 30.3 Å². The molecule has 26 heavy (non-hydrogen) atoms. The van der Waals surface area contributed by atoms with E-state index in [2.05, 4.69) is 5.32 Å². The number of hydrogen-bond donors (Lipinski definition) is 1. The molecule has 2 amide bonds. The van der Waals surface area contributed by atoms with Crippen LogP contribution in [0.25, 0.3) is 0 Å². The zero-order chi connectivity index (χ0) is 18.3. The molecule has 0 radical (unpaired) electrons. The molecule has 0 spiro atoms. The van der Waals surface area contributed by atoms with Gasteiger partial charge in [-0.25, -0.2) is 9.18 Å². The van der Waals surface area contributed by atoms with Gasteiger partial charge in [0, 0.05) is 12.0 Å². The van der Waals surface area contributed by atoms with Gasteiger partial charge in [-0.05, 0) is 24.6 Å². The molecule has 2 aliphatic rings. The average molecular weight is 354 g/mol. The molecule has 6 nitrogen and oxygen atoms in total. The lowest BCUT2D eigenvalue weighted by Gasteiger charge is -2.29. The van der Waals surface area contributed by atoms with Crippen molar-refractivity contribution in [3.05, 3.63) is 65.5 Å². The monoisotopic (exact) mass is 354 g/mol. The minimum Gasteiger partial charge on any atom is -0.433 e. The van der Waals surface area contributed by atoms with Crippen molar-refractivity contribution in [3.8, 4) is 0 Å². The quantitative estimate of drug-likeness (QED) is 0.860. The number of nitrogens with one attached hydrogen (secondary N) is 1. The third-order valence-electron chi connectivity index (χ3n) is 4.61. The minimum atomic E-state index is -0.940. The zero-order valence-electron chi connectivity index (χ0n) is 13.6. The third kappa shape index (κ3) is 2.61. The van der Waals surface area contributed by atoms with Crippen LogP contribution >= 0.6 is 0 Å². The van der Waals surface area contributed by atoms with Gasteiger partial charge < -0.3 is 10.1 Å². The number of nitrogens with zero attached hydrogens (tertiary/aromatic N) is 1. The molecule has 7 heteroatoms. The number of hydrogen-bond acceptors (Lipinski definition) is 4. The van der Waals surface area contributed by atoms with Crippen LogP contribution < -0.4 is 5.32 Å². The topological polar surface area (TPSA) is 75.7 Å². The van der Waals surface area contributed by atoms with Crippen LogP contribution in [-0.4, -0.2) is 28.7 Å². The molecule has 1 N–H and O–H groups in total. The molecule has 132 valence electrons. The van der Waals surface area contributed by atoms with Gasteiger partial charge in [-0.2, -0.15) is 0 Å². The first-order chi connectivity index (χ1) is 12.6. The van der Waals surface area contributed by atoms with Crippen molar-refractivity contribution < 1.29 is 23.5 Å². The Bertz CT molecular complexity index is 914. The van der Waals surface area contributed by atoms with Crippen LogP contribution in [0, 0.1) is 5.82 Å². The molecular formula is C19H15FN2O4. The molecule has 1 saturated heterocycles. The lowest BCUT2D eigenvalue weighted by molar-refractivity contribution is -0.144. The van der Waals surface area contributed by atoms with Crippen molar-refractivity contribution >= 4 is 23.5 Å². The van der Waals surface area contributed by atoms with Crippen LogP contribution in [-0.2, 0) is 14.3 Å². The number of amides is 2. The number of halogens is 1. The molecule has 2 aromatic rings. The lowest BCUT2D eigenvalue weighted by Crippen LogP contribution is -2.44. The molecule has 0 aromatic heterocycles. The van der Waals surface area contributed by atoms with Crippen molar-refractivity contribution in [2.24, 2.45) is 0 Å². The lowest BCUT2D eigenvalue weighted by atomic mass is 10.1. The summed E-state index contributed by atoms with van der Waals surface area (Å²) in [6, 6.07) is 11.7. The van der Waals surface area contributed by atoms with E-state index in [-0.39, 0.29) is 24.4 Å². The Morgan fingerprint density at radius 3 is 2.65 bits per heavy atom. The van der Waals surface area contributed by atoms with Crippen LogP contribution in [0.5, 0.6) is 0 Å². The highest BCUT2D eigenvalue weighted by molar-refractivity contribution is 6.00. The smallest absolute Gasteiger partial charge is 0.340 e. The highest BCUT2D eigenvalue weighted by Crippen LogP contribution is 2.38. The first-order valence-electron chi connectivity index (χ1n) is 8.23. The van der Waals surface area contributed by atoms with Crippen molar-refractivity contribution in [3.63, 3.8) is 0 Å². The Labute approximate surface area is 148 Å². The average Bonchev–Trinajstić information content (AvgIpc) is 3.17. The zero-order valence-corrected chi connectivity index (χ0v) is 13.6. The minimum absolute atomic E-state index is 0.0422.